The molecule has 0 rings (SSSR count). The van der Waals surface area contributed by atoms with Crippen molar-refractivity contribution in [1.29, 1.82) is 0 Å². The highest BCUT2D eigenvalue weighted by molar-refractivity contribution is 6.66. The maximum absolute atomic E-state index is 6.41. The van der Waals surface area contributed by atoms with Gasteiger partial charge in [0.25, 0.3) is 0 Å². The molecule has 0 atom stereocenters. The van der Waals surface area contributed by atoms with Gasteiger partial charge in [-0.1, -0.05) is 76.4 Å². The number of hydrogen-bond donors (Lipinski definition) is 0. The van der Waals surface area contributed by atoms with E-state index in [0.29, 0.717) is 0 Å². The Kier molecular flexibility index (Phi) is 25.2. The number of unbranched alkanes of at least 4 members (excludes halogenated alkanes) is 4. The molecule has 0 fully saturated rings. The molecule has 0 saturated heterocycles. The lowest BCUT2D eigenvalue weighted by Gasteiger charge is -2.27. The van der Waals surface area contributed by atoms with Gasteiger partial charge in [-0.25, -0.2) is 0 Å². The van der Waals surface area contributed by atoms with Gasteiger partial charge in [0.1, 0.15) is 0 Å². The van der Waals surface area contributed by atoms with E-state index in [4.69, 9.17) is 8.85 Å². The van der Waals surface area contributed by atoms with E-state index < -0.39 is 8.56 Å². The molecule has 0 N–H and O–H groups in total. The van der Waals surface area contributed by atoms with Crippen LogP contribution in [0.5, 0.6) is 0 Å². The minimum atomic E-state index is -2.11. The monoisotopic (exact) mass is 526 g/mol. The van der Waals surface area contributed by atoms with Crippen molar-refractivity contribution < 1.29 is 8.85 Å². The van der Waals surface area contributed by atoms with Crippen LogP contribution in [0, 0.1) is 0 Å². The first-order chi connectivity index (χ1) is 17.0. The van der Waals surface area contributed by atoms with Crippen LogP contribution in [-0.4, -0.2) is 81.4 Å². The number of allylic oxidation sites excluding steroid dienone is 2. The summed E-state index contributed by atoms with van der Waals surface area (Å²) in [6.07, 6.45) is 22.4. The molecule has 0 aromatic heterocycles. The summed E-state index contributed by atoms with van der Waals surface area (Å²) in [6.45, 7) is 15.6. The molecule has 0 unspecified atom stereocenters. The second-order valence-corrected chi connectivity index (χ2v) is 15.5. The first-order valence-corrected chi connectivity index (χ1v) is 19.9. The zero-order chi connectivity index (χ0) is 26.0. The van der Waals surface area contributed by atoms with Crippen molar-refractivity contribution in [2.24, 2.45) is 0 Å². The summed E-state index contributed by atoms with van der Waals surface area (Å²) in [5.74, 6) is 0. The second kappa shape index (κ2) is 25.4. The predicted octanol–water partition coefficient (Wildman–Crippen LogP) is 7.03. The fourth-order valence-corrected chi connectivity index (χ4v) is 7.36. The van der Waals surface area contributed by atoms with E-state index in [-0.39, 0.29) is 9.52 Å². The van der Waals surface area contributed by atoms with Gasteiger partial charge in [0.15, 0.2) is 0 Å². The molecule has 0 heterocycles. The molecule has 0 aromatic rings. The lowest BCUT2D eigenvalue weighted by atomic mass is 10.3. The van der Waals surface area contributed by atoms with Gasteiger partial charge in [-0.15, -0.1) is 0 Å². The van der Waals surface area contributed by atoms with Gasteiger partial charge in [0.2, 0.25) is 0 Å². The van der Waals surface area contributed by atoms with Crippen LogP contribution in [0.4, 0.5) is 0 Å². The zero-order valence-corrected chi connectivity index (χ0v) is 27.1. The molecule has 0 aliphatic rings. The molecule has 0 amide bonds. The molecule has 0 aliphatic heterocycles. The number of nitrogens with zero attached hydrogens (tertiary/aromatic N) is 2. The van der Waals surface area contributed by atoms with E-state index >= 15 is 0 Å². The van der Waals surface area contributed by atoms with Crippen LogP contribution >= 0.6 is 0 Å². The summed E-state index contributed by atoms with van der Waals surface area (Å²) < 4.78 is 12.8. The molecule has 0 saturated carbocycles. The van der Waals surface area contributed by atoms with E-state index in [1.807, 2.05) is 0 Å². The molecule has 6 heteroatoms. The molecule has 35 heavy (non-hydrogen) atoms. The zero-order valence-electron chi connectivity index (χ0n) is 24.7. The van der Waals surface area contributed by atoms with Gasteiger partial charge in [-0.05, 0) is 97.8 Å². The van der Waals surface area contributed by atoms with Gasteiger partial charge in [0, 0.05) is 22.7 Å². The summed E-state index contributed by atoms with van der Waals surface area (Å²) >= 11 is 0. The fourth-order valence-electron chi connectivity index (χ4n) is 4.15. The SMILES string of the molecule is CCC/C=C\CCO[Si](C)(CCCCN(C)CCCN(C)CCCC[SiH2]C)OCC/C=C\CCC. The Bertz CT molecular complexity index is 481. The largest absolute Gasteiger partial charge is 0.394 e. The quantitative estimate of drug-likeness (QED) is 0.0686. The van der Waals surface area contributed by atoms with Gasteiger partial charge >= 0.3 is 8.56 Å². The average molecular weight is 527 g/mol. The van der Waals surface area contributed by atoms with Gasteiger partial charge in [-0.3, -0.25) is 0 Å². The van der Waals surface area contributed by atoms with Crippen molar-refractivity contribution in [2.45, 2.75) is 110 Å². The molecule has 0 aromatic carbocycles. The van der Waals surface area contributed by atoms with Crippen molar-refractivity contribution in [2.75, 3.05) is 53.5 Å². The Morgan fingerprint density at radius 3 is 1.60 bits per heavy atom. The third kappa shape index (κ3) is 23.9. The Morgan fingerprint density at radius 1 is 0.657 bits per heavy atom. The topological polar surface area (TPSA) is 24.9 Å². The molecule has 0 aliphatic carbocycles. The van der Waals surface area contributed by atoms with E-state index in [2.05, 4.69) is 75.1 Å². The highest BCUT2D eigenvalue weighted by Crippen LogP contribution is 2.19. The summed E-state index contributed by atoms with van der Waals surface area (Å²) in [7, 11) is 2.72. The smallest absolute Gasteiger partial charge is 0.334 e. The first kappa shape index (κ1) is 34.8. The Morgan fingerprint density at radius 2 is 1.11 bits per heavy atom. The standard InChI is InChI=1S/C29H62N2O2Si2/c1-7-9-11-13-17-26-32-35(6,33-27-18-14-12-10-8-2)29-20-16-23-31(4)25-21-24-30(3)22-15-19-28-34-5/h11-14H,7-10,15-29,34H2,1-6H3/b13-11-,14-12-. The normalized spacial score (nSPS) is 13.1. The highest BCUT2D eigenvalue weighted by atomic mass is 28.4. The van der Waals surface area contributed by atoms with Gasteiger partial charge in [-0.2, -0.15) is 0 Å². The van der Waals surface area contributed by atoms with E-state index in [1.54, 1.807) is 0 Å². The third-order valence-corrected chi connectivity index (χ3v) is 10.6. The minimum Gasteiger partial charge on any atom is -0.394 e. The highest BCUT2D eigenvalue weighted by Gasteiger charge is 2.30. The molecule has 0 radical (unpaired) electrons. The van der Waals surface area contributed by atoms with Crippen molar-refractivity contribution in [1.82, 2.24) is 9.80 Å². The van der Waals surface area contributed by atoms with Gasteiger partial charge in [0.05, 0.1) is 0 Å². The summed E-state index contributed by atoms with van der Waals surface area (Å²) in [5, 5.41) is 0. The fraction of sp³-hybridized carbons (Fsp3) is 0.862. The van der Waals surface area contributed by atoms with Crippen LogP contribution in [0.25, 0.3) is 0 Å². The summed E-state index contributed by atoms with van der Waals surface area (Å²) in [4.78, 5) is 5.03. The Labute approximate surface area is 224 Å². The third-order valence-electron chi connectivity index (χ3n) is 6.52. The van der Waals surface area contributed by atoms with Crippen molar-refractivity contribution in [3.63, 3.8) is 0 Å². The lowest BCUT2D eigenvalue weighted by Crippen LogP contribution is -2.39. The van der Waals surface area contributed by atoms with Crippen molar-refractivity contribution >= 4 is 18.1 Å². The molecule has 208 valence electrons. The molecule has 4 nitrogen and oxygen atoms in total. The lowest BCUT2D eigenvalue weighted by molar-refractivity contribution is 0.176. The van der Waals surface area contributed by atoms with E-state index in [9.17, 15) is 0 Å². The maximum Gasteiger partial charge on any atom is 0.334 e. The molecule has 0 spiro atoms. The Balaban J connectivity index is 4.21. The van der Waals surface area contributed by atoms with E-state index in [0.717, 1.165) is 32.1 Å². The average Bonchev–Trinajstić information content (AvgIpc) is 2.84. The van der Waals surface area contributed by atoms with Crippen LogP contribution in [0.1, 0.15) is 84.5 Å². The molecule has 0 bridgehead atoms. The number of rotatable bonds is 26. The van der Waals surface area contributed by atoms with Crippen molar-refractivity contribution in [3.8, 4) is 0 Å². The van der Waals surface area contributed by atoms with Crippen LogP contribution in [0.15, 0.2) is 24.3 Å². The minimum absolute atomic E-state index is 0.261. The summed E-state index contributed by atoms with van der Waals surface area (Å²) in [5.41, 5.74) is 0. The van der Waals surface area contributed by atoms with Crippen molar-refractivity contribution in [3.05, 3.63) is 24.3 Å². The van der Waals surface area contributed by atoms with Crippen LogP contribution in [-0.2, 0) is 8.85 Å². The van der Waals surface area contributed by atoms with Gasteiger partial charge < -0.3 is 18.7 Å². The van der Waals surface area contributed by atoms with Crippen LogP contribution in [0.2, 0.25) is 25.2 Å². The maximum atomic E-state index is 6.41. The molecular weight excluding hydrogens is 465 g/mol. The predicted molar refractivity (Wildman–Crippen MR) is 163 cm³/mol. The first-order valence-electron chi connectivity index (χ1n) is 14.9. The number of hydrogen-bond acceptors (Lipinski definition) is 4. The summed E-state index contributed by atoms with van der Waals surface area (Å²) in [6, 6.07) is 2.61. The van der Waals surface area contributed by atoms with E-state index in [1.165, 1.54) is 90.0 Å². The van der Waals surface area contributed by atoms with Crippen LogP contribution in [0.3, 0.4) is 0 Å². The molecular formula is C29H62N2O2Si2. The Hall–Kier alpha value is -0.246. The second-order valence-electron chi connectivity index (χ2n) is 10.4. The van der Waals surface area contributed by atoms with Crippen LogP contribution < -0.4 is 0 Å².